The van der Waals surface area contributed by atoms with Crippen LogP contribution in [0.25, 0.3) is 0 Å². The van der Waals surface area contributed by atoms with E-state index in [9.17, 15) is 13.6 Å². The third-order valence-electron chi connectivity index (χ3n) is 9.81. The zero-order valence-corrected chi connectivity index (χ0v) is 21.8. The lowest BCUT2D eigenvalue weighted by atomic mass is 9.67. The average molecular weight is 508 g/mol. The molecule has 6 rings (SSSR count). The Balaban J connectivity index is 1.30. The second-order valence-electron chi connectivity index (χ2n) is 12.0. The van der Waals surface area contributed by atoms with E-state index in [-0.39, 0.29) is 42.0 Å². The SMILES string of the molecule is Cc1ccc2c(c1)CNC[C@]21CNC[C@H]1C(=O)N1CCC(c2ccccc2)C[C@H]1C1CCC(F)(F)CC1. The van der Waals surface area contributed by atoms with Crippen molar-refractivity contribution in [3.8, 4) is 0 Å². The number of nitrogens with one attached hydrogen (secondary N) is 2. The maximum absolute atomic E-state index is 14.5. The standard InChI is InChI=1S/C31H39F2N3O/c1-21-7-8-26-25(15-21)17-34-19-30(26)20-35-18-27(30)29(37)36-14-11-24(22-5-3-2-4-6-22)16-28(36)23-9-12-31(32,33)13-10-23/h2-8,15,23-24,27-28,34-35H,9-14,16-20H2,1H3/t24?,27-,28-,30-/m0/s1. The molecule has 1 spiro atoms. The summed E-state index contributed by atoms with van der Waals surface area (Å²) in [5, 5.41) is 7.17. The number of fused-ring (bicyclic) bond motifs is 2. The van der Waals surface area contributed by atoms with E-state index in [1.54, 1.807) is 0 Å². The molecule has 2 saturated heterocycles. The number of piperidine rings is 1. The molecule has 0 aromatic heterocycles. The van der Waals surface area contributed by atoms with E-state index in [1.165, 1.54) is 22.3 Å². The van der Waals surface area contributed by atoms with Crippen molar-refractivity contribution >= 4 is 5.91 Å². The molecule has 3 fully saturated rings. The first-order valence-corrected chi connectivity index (χ1v) is 14.1. The lowest BCUT2D eigenvalue weighted by molar-refractivity contribution is -0.144. The van der Waals surface area contributed by atoms with E-state index < -0.39 is 5.92 Å². The molecular weight excluding hydrogens is 468 g/mol. The number of rotatable bonds is 3. The molecule has 6 heteroatoms. The van der Waals surface area contributed by atoms with Crippen LogP contribution in [0.15, 0.2) is 48.5 Å². The number of aryl methyl sites for hydroxylation is 1. The second-order valence-corrected chi connectivity index (χ2v) is 12.0. The van der Waals surface area contributed by atoms with Crippen LogP contribution < -0.4 is 10.6 Å². The van der Waals surface area contributed by atoms with Gasteiger partial charge in [-0.1, -0.05) is 54.1 Å². The van der Waals surface area contributed by atoms with Crippen molar-refractivity contribution in [1.29, 1.82) is 0 Å². The molecule has 3 aliphatic heterocycles. The highest BCUT2D eigenvalue weighted by molar-refractivity contribution is 5.82. The number of hydrogen-bond donors (Lipinski definition) is 2. The molecule has 2 aromatic rings. The van der Waals surface area contributed by atoms with Crippen molar-refractivity contribution in [2.75, 3.05) is 26.2 Å². The first-order valence-electron chi connectivity index (χ1n) is 14.1. The summed E-state index contributed by atoms with van der Waals surface area (Å²) >= 11 is 0. The van der Waals surface area contributed by atoms with Crippen LogP contribution in [0.1, 0.15) is 66.7 Å². The van der Waals surface area contributed by atoms with E-state index in [4.69, 9.17) is 0 Å². The number of halogens is 2. The molecule has 0 bridgehead atoms. The predicted molar refractivity (Wildman–Crippen MR) is 142 cm³/mol. The summed E-state index contributed by atoms with van der Waals surface area (Å²) in [4.78, 5) is 16.6. The molecule has 2 aromatic carbocycles. The van der Waals surface area contributed by atoms with Gasteiger partial charge in [-0.2, -0.15) is 0 Å². The smallest absolute Gasteiger partial charge is 0.248 e. The van der Waals surface area contributed by atoms with Crippen molar-refractivity contribution in [1.82, 2.24) is 15.5 Å². The van der Waals surface area contributed by atoms with Gasteiger partial charge in [0.05, 0.1) is 5.92 Å². The number of likely N-dealkylation sites (tertiary alicyclic amines) is 1. The van der Waals surface area contributed by atoms with Crippen LogP contribution in [0.2, 0.25) is 0 Å². The van der Waals surface area contributed by atoms with Gasteiger partial charge in [-0.15, -0.1) is 0 Å². The van der Waals surface area contributed by atoms with Gasteiger partial charge in [0.1, 0.15) is 0 Å². The van der Waals surface area contributed by atoms with Gasteiger partial charge in [0.2, 0.25) is 11.8 Å². The largest absolute Gasteiger partial charge is 0.339 e. The molecule has 1 unspecified atom stereocenters. The lowest BCUT2D eigenvalue weighted by Gasteiger charge is -2.48. The van der Waals surface area contributed by atoms with Crippen molar-refractivity contribution < 1.29 is 13.6 Å². The highest BCUT2D eigenvalue weighted by Gasteiger charge is 2.53. The predicted octanol–water partition coefficient (Wildman–Crippen LogP) is 5.16. The number of nitrogens with zero attached hydrogens (tertiary/aromatic N) is 1. The third kappa shape index (κ3) is 4.61. The topological polar surface area (TPSA) is 44.4 Å². The number of carbonyl (C=O) groups is 1. The van der Waals surface area contributed by atoms with Crippen LogP contribution in [0.5, 0.6) is 0 Å². The van der Waals surface area contributed by atoms with Crippen LogP contribution in [0.3, 0.4) is 0 Å². The van der Waals surface area contributed by atoms with Gasteiger partial charge >= 0.3 is 0 Å². The second kappa shape index (κ2) is 9.77. The number of hydrogen-bond acceptors (Lipinski definition) is 3. The highest BCUT2D eigenvalue weighted by atomic mass is 19.3. The highest BCUT2D eigenvalue weighted by Crippen LogP contribution is 2.46. The molecule has 1 amide bonds. The normalized spacial score (nSPS) is 31.9. The molecular formula is C31H39F2N3O. The van der Waals surface area contributed by atoms with Gasteiger partial charge < -0.3 is 15.5 Å². The summed E-state index contributed by atoms with van der Waals surface area (Å²) in [6.45, 7) is 5.90. The summed E-state index contributed by atoms with van der Waals surface area (Å²) in [7, 11) is 0. The summed E-state index contributed by atoms with van der Waals surface area (Å²) in [6, 6.07) is 17.2. The van der Waals surface area contributed by atoms with E-state index in [2.05, 4.69) is 64.9 Å². The Hall–Kier alpha value is -2.31. The fourth-order valence-electron chi connectivity index (χ4n) is 7.81. The number of benzene rings is 2. The molecule has 37 heavy (non-hydrogen) atoms. The molecule has 4 atom stereocenters. The van der Waals surface area contributed by atoms with Crippen LogP contribution in [-0.4, -0.2) is 49.0 Å². The number of alkyl halides is 2. The van der Waals surface area contributed by atoms with E-state index in [0.29, 0.717) is 31.8 Å². The Kier molecular flexibility index (Phi) is 6.60. The minimum Gasteiger partial charge on any atom is -0.339 e. The minimum atomic E-state index is -2.56. The monoisotopic (exact) mass is 507 g/mol. The third-order valence-corrected chi connectivity index (χ3v) is 9.81. The van der Waals surface area contributed by atoms with E-state index in [0.717, 1.165) is 32.5 Å². The van der Waals surface area contributed by atoms with Gasteiger partial charge in [0.25, 0.3) is 0 Å². The Morgan fingerprint density at radius 2 is 1.76 bits per heavy atom. The Bertz CT molecular complexity index is 1130. The maximum Gasteiger partial charge on any atom is 0.248 e. The lowest BCUT2D eigenvalue weighted by Crippen LogP contribution is -2.57. The van der Waals surface area contributed by atoms with Crippen LogP contribution in [0.4, 0.5) is 8.78 Å². The maximum atomic E-state index is 14.5. The fourth-order valence-corrected chi connectivity index (χ4v) is 7.81. The van der Waals surface area contributed by atoms with Gasteiger partial charge in [-0.25, -0.2) is 8.78 Å². The van der Waals surface area contributed by atoms with Crippen LogP contribution in [-0.2, 0) is 16.8 Å². The molecule has 4 aliphatic rings. The Morgan fingerprint density at radius 1 is 1.00 bits per heavy atom. The van der Waals surface area contributed by atoms with Crippen LogP contribution >= 0.6 is 0 Å². The Labute approximate surface area is 219 Å². The van der Waals surface area contributed by atoms with Gasteiger partial charge in [-0.05, 0) is 61.1 Å². The van der Waals surface area contributed by atoms with E-state index in [1.807, 2.05) is 6.07 Å². The van der Waals surface area contributed by atoms with Crippen molar-refractivity contribution in [3.63, 3.8) is 0 Å². The molecule has 2 N–H and O–H groups in total. The minimum absolute atomic E-state index is 0.0224. The quantitative estimate of drug-likeness (QED) is 0.604. The number of amides is 1. The van der Waals surface area contributed by atoms with Crippen molar-refractivity contribution in [2.24, 2.45) is 11.8 Å². The van der Waals surface area contributed by atoms with E-state index >= 15 is 0 Å². The molecule has 198 valence electrons. The summed E-state index contributed by atoms with van der Waals surface area (Å²) in [5.41, 5.74) is 4.87. The summed E-state index contributed by atoms with van der Waals surface area (Å²) < 4.78 is 28.2. The van der Waals surface area contributed by atoms with Gasteiger partial charge in [-0.3, -0.25) is 4.79 Å². The molecule has 3 heterocycles. The van der Waals surface area contributed by atoms with Crippen molar-refractivity contribution in [3.05, 3.63) is 70.8 Å². The Morgan fingerprint density at radius 3 is 2.54 bits per heavy atom. The van der Waals surface area contributed by atoms with Gasteiger partial charge in [0, 0.05) is 57.0 Å². The fraction of sp³-hybridized carbons (Fsp3) is 0.581. The van der Waals surface area contributed by atoms with Crippen LogP contribution in [0, 0.1) is 18.8 Å². The molecule has 4 nitrogen and oxygen atoms in total. The average Bonchev–Trinajstić information content (AvgIpc) is 3.32. The summed E-state index contributed by atoms with van der Waals surface area (Å²) in [6.07, 6.45) is 2.68. The zero-order chi connectivity index (χ0) is 25.6. The number of carbonyl (C=O) groups excluding carboxylic acids is 1. The van der Waals surface area contributed by atoms with Crippen molar-refractivity contribution in [2.45, 2.75) is 75.3 Å². The first kappa shape index (κ1) is 25.0. The molecule has 1 saturated carbocycles. The molecule has 1 aliphatic carbocycles. The summed E-state index contributed by atoms with van der Waals surface area (Å²) in [5.74, 6) is -1.99. The van der Waals surface area contributed by atoms with Gasteiger partial charge in [0.15, 0.2) is 0 Å². The first-order chi connectivity index (χ1) is 17.9. The molecule has 0 radical (unpaired) electrons. The zero-order valence-electron chi connectivity index (χ0n) is 21.8.